The lowest BCUT2D eigenvalue weighted by atomic mass is 9.99. The van der Waals surface area contributed by atoms with Gasteiger partial charge in [-0.3, -0.25) is 4.79 Å². The number of hydrogen-bond acceptors (Lipinski definition) is 2. The van der Waals surface area contributed by atoms with E-state index in [0.29, 0.717) is 18.7 Å². The van der Waals surface area contributed by atoms with Crippen LogP contribution >= 0.6 is 11.6 Å². The van der Waals surface area contributed by atoms with E-state index in [1.54, 1.807) is 23.2 Å². The maximum atomic E-state index is 13.2. The van der Waals surface area contributed by atoms with Crippen molar-refractivity contribution in [3.63, 3.8) is 0 Å². The van der Waals surface area contributed by atoms with E-state index in [-0.39, 0.29) is 10.9 Å². The number of nitrogens with zero attached hydrogens (tertiary/aromatic N) is 2. The molecule has 2 aromatic heterocycles. The molecule has 0 saturated heterocycles. The van der Waals surface area contributed by atoms with Gasteiger partial charge in [-0.15, -0.1) is 0 Å². The maximum Gasteiger partial charge on any atom is 0.246 e. The van der Waals surface area contributed by atoms with Gasteiger partial charge in [0, 0.05) is 42.5 Å². The Kier molecular flexibility index (Phi) is 4.77. The minimum atomic E-state index is -0.471. The summed E-state index contributed by atoms with van der Waals surface area (Å²) in [4.78, 5) is 21.7. The number of aromatic nitrogens is 2. The number of carbonyl (C=O) groups is 1. The summed E-state index contributed by atoms with van der Waals surface area (Å²) in [6.07, 6.45) is 9.75. The number of halogens is 2. The summed E-state index contributed by atoms with van der Waals surface area (Å²) < 4.78 is 13.2. The lowest BCUT2D eigenvalue weighted by Gasteiger charge is -2.25. The smallest absolute Gasteiger partial charge is 0.246 e. The second-order valence-corrected chi connectivity index (χ2v) is 6.78. The first-order chi connectivity index (χ1) is 13.1. The third-order valence-corrected chi connectivity index (χ3v) is 4.97. The zero-order chi connectivity index (χ0) is 18.8. The molecule has 136 valence electrons. The predicted molar refractivity (Wildman–Crippen MR) is 106 cm³/mol. The van der Waals surface area contributed by atoms with Gasteiger partial charge in [0.1, 0.15) is 11.5 Å². The Bertz CT molecular complexity index is 1070. The van der Waals surface area contributed by atoms with Gasteiger partial charge in [-0.2, -0.15) is 0 Å². The molecular weight excluding hydrogens is 365 g/mol. The highest BCUT2D eigenvalue weighted by molar-refractivity contribution is 6.30. The van der Waals surface area contributed by atoms with E-state index < -0.39 is 5.82 Å². The molecule has 0 unspecified atom stereocenters. The zero-order valence-corrected chi connectivity index (χ0v) is 15.2. The SMILES string of the molecule is O=C(/C=C/c1ccc(F)c(Cl)c1)N1CC=C(c2c[nH]c3ncccc23)CC1. The van der Waals surface area contributed by atoms with Gasteiger partial charge in [0.2, 0.25) is 5.91 Å². The largest absolute Gasteiger partial charge is 0.346 e. The van der Waals surface area contributed by atoms with E-state index in [1.165, 1.54) is 23.8 Å². The number of aromatic amines is 1. The Balaban J connectivity index is 1.45. The summed E-state index contributed by atoms with van der Waals surface area (Å²) >= 11 is 5.77. The molecule has 4 rings (SSSR count). The van der Waals surface area contributed by atoms with Crippen LogP contribution in [0.25, 0.3) is 22.7 Å². The Labute approximate surface area is 161 Å². The second kappa shape index (κ2) is 7.37. The first-order valence-electron chi connectivity index (χ1n) is 8.65. The van der Waals surface area contributed by atoms with Crippen molar-refractivity contribution in [2.45, 2.75) is 6.42 Å². The van der Waals surface area contributed by atoms with Crippen molar-refractivity contribution in [2.75, 3.05) is 13.1 Å². The van der Waals surface area contributed by atoms with Gasteiger partial charge in [-0.1, -0.05) is 23.7 Å². The number of hydrogen-bond donors (Lipinski definition) is 1. The minimum Gasteiger partial charge on any atom is -0.346 e. The molecule has 0 atom stereocenters. The molecule has 0 aliphatic carbocycles. The Morgan fingerprint density at radius 1 is 1.33 bits per heavy atom. The van der Waals surface area contributed by atoms with Gasteiger partial charge < -0.3 is 9.88 Å². The Hall–Kier alpha value is -2.92. The topological polar surface area (TPSA) is 49.0 Å². The summed E-state index contributed by atoms with van der Waals surface area (Å²) in [5, 5.41) is 1.14. The second-order valence-electron chi connectivity index (χ2n) is 6.37. The summed E-state index contributed by atoms with van der Waals surface area (Å²) in [5.74, 6) is -0.548. The van der Waals surface area contributed by atoms with Crippen LogP contribution in [0, 0.1) is 5.82 Å². The highest BCUT2D eigenvalue weighted by Gasteiger charge is 2.18. The monoisotopic (exact) mass is 381 g/mol. The van der Waals surface area contributed by atoms with E-state index in [2.05, 4.69) is 16.0 Å². The zero-order valence-electron chi connectivity index (χ0n) is 14.5. The fourth-order valence-corrected chi connectivity index (χ4v) is 3.41. The lowest BCUT2D eigenvalue weighted by molar-refractivity contribution is -0.125. The minimum absolute atomic E-state index is 0.0448. The van der Waals surface area contributed by atoms with Crippen molar-refractivity contribution in [1.29, 1.82) is 0 Å². The highest BCUT2D eigenvalue weighted by Crippen LogP contribution is 2.28. The molecule has 1 aromatic carbocycles. The summed E-state index contributed by atoms with van der Waals surface area (Å²) in [6.45, 7) is 1.20. The molecule has 1 aliphatic heterocycles. The van der Waals surface area contributed by atoms with Crippen LogP contribution in [0.2, 0.25) is 5.02 Å². The van der Waals surface area contributed by atoms with E-state index >= 15 is 0 Å². The molecule has 0 spiro atoms. The van der Waals surface area contributed by atoms with Crippen LogP contribution in [0.1, 0.15) is 17.5 Å². The average Bonchev–Trinajstić information content (AvgIpc) is 3.13. The highest BCUT2D eigenvalue weighted by atomic mass is 35.5. The maximum absolute atomic E-state index is 13.2. The number of fused-ring (bicyclic) bond motifs is 1. The number of H-pyrrole nitrogens is 1. The fourth-order valence-electron chi connectivity index (χ4n) is 3.22. The molecule has 3 heterocycles. The van der Waals surface area contributed by atoms with Crippen LogP contribution in [0.4, 0.5) is 4.39 Å². The normalized spacial score (nSPS) is 14.7. The molecule has 0 fully saturated rings. The quantitative estimate of drug-likeness (QED) is 0.669. The van der Waals surface area contributed by atoms with E-state index in [9.17, 15) is 9.18 Å². The van der Waals surface area contributed by atoms with Crippen LogP contribution in [-0.2, 0) is 4.79 Å². The van der Waals surface area contributed by atoms with E-state index in [4.69, 9.17) is 11.6 Å². The first-order valence-corrected chi connectivity index (χ1v) is 9.03. The summed E-state index contributed by atoms with van der Waals surface area (Å²) in [5.41, 5.74) is 3.91. The number of carbonyl (C=O) groups excluding carboxylic acids is 1. The average molecular weight is 382 g/mol. The molecule has 1 N–H and O–H groups in total. The molecule has 3 aromatic rings. The van der Waals surface area contributed by atoms with Gasteiger partial charge in [0.15, 0.2) is 0 Å². The van der Waals surface area contributed by atoms with Gasteiger partial charge >= 0.3 is 0 Å². The van der Waals surface area contributed by atoms with Crippen LogP contribution in [0.5, 0.6) is 0 Å². The van der Waals surface area contributed by atoms with Crippen molar-refractivity contribution in [3.05, 3.63) is 76.8 Å². The molecule has 0 bridgehead atoms. The molecule has 1 aliphatic rings. The van der Waals surface area contributed by atoms with Crippen LogP contribution in [0.15, 0.2) is 54.9 Å². The van der Waals surface area contributed by atoms with Crippen molar-refractivity contribution in [3.8, 4) is 0 Å². The van der Waals surface area contributed by atoms with Crippen molar-refractivity contribution < 1.29 is 9.18 Å². The molecule has 27 heavy (non-hydrogen) atoms. The third-order valence-electron chi connectivity index (χ3n) is 4.68. The number of amides is 1. The van der Waals surface area contributed by atoms with Crippen molar-refractivity contribution >= 4 is 40.2 Å². The molecule has 6 heteroatoms. The third kappa shape index (κ3) is 3.64. The van der Waals surface area contributed by atoms with Crippen molar-refractivity contribution in [2.24, 2.45) is 0 Å². The molecular formula is C21H17ClFN3O. The predicted octanol–water partition coefficient (Wildman–Crippen LogP) is 4.68. The van der Waals surface area contributed by atoms with Crippen molar-refractivity contribution in [1.82, 2.24) is 14.9 Å². The van der Waals surface area contributed by atoms with Crippen LogP contribution in [0.3, 0.4) is 0 Å². The number of rotatable bonds is 3. The molecule has 4 nitrogen and oxygen atoms in total. The van der Waals surface area contributed by atoms with Gasteiger partial charge in [-0.25, -0.2) is 9.37 Å². The molecule has 0 saturated carbocycles. The van der Waals surface area contributed by atoms with Crippen LogP contribution in [-0.4, -0.2) is 33.9 Å². The number of nitrogens with one attached hydrogen (secondary N) is 1. The van der Waals surface area contributed by atoms with Gasteiger partial charge in [-0.05, 0) is 47.9 Å². The van der Waals surface area contributed by atoms with Gasteiger partial charge in [0.25, 0.3) is 0 Å². The van der Waals surface area contributed by atoms with E-state index in [0.717, 1.165) is 23.0 Å². The summed E-state index contributed by atoms with van der Waals surface area (Å²) in [6, 6.07) is 8.34. The number of benzene rings is 1. The van der Waals surface area contributed by atoms with Crippen LogP contribution < -0.4 is 0 Å². The Morgan fingerprint density at radius 2 is 2.22 bits per heavy atom. The Morgan fingerprint density at radius 3 is 3.00 bits per heavy atom. The molecule has 0 radical (unpaired) electrons. The van der Waals surface area contributed by atoms with Gasteiger partial charge in [0.05, 0.1) is 5.02 Å². The first kappa shape index (κ1) is 17.5. The van der Waals surface area contributed by atoms with E-state index in [1.807, 2.05) is 18.3 Å². The summed E-state index contributed by atoms with van der Waals surface area (Å²) in [7, 11) is 0. The molecule has 1 amide bonds. The fraction of sp³-hybridized carbons (Fsp3) is 0.143. The number of pyridine rings is 1. The lowest BCUT2D eigenvalue weighted by Crippen LogP contribution is -2.33. The standard InChI is InChI=1S/C21H17ClFN3O/c22-18-12-14(3-5-19(18)23)4-6-20(27)26-10-7-15(8-11-26)17-13-25-21-16(17)2-1-9-24-21/h1-7,9,12-13H,8,10-11H2,(H,24,25)/b6-4+.